The fourth-order valence-corrected chi connectivity index (χ4v) is 1.93. The van der Waals surface area contributed by atoms with Crippen LogP contribution in [-0.2, 0) is 13.1 Å². The van der Waals surface area contributed by atoms with Crippen LogP contribution < -0.4 is 5.32 Å². The van der Waals surface area contributed by atoms with Crippen LogP contribution >= 0.6 is 0 Å². The molecule has 1 N–H and O–H groups in total. The summed E-state index contributed by atoms with van der Waals surface area (Å²) in [6.45, 7) is 7.87. The minimum absolute atomic E-state index is 0.775. The summed E-state index contributed by atoms with van der Waals surface area (Å²) in [5, 5.41) is 3.42. The number of rotatable bonds is 4. The molecule has 94 valence electrons. The summed E-state index contributed by atoms with van der Waals surface area (Å²) in [5.74, 6) is 0.820. The molecular formula is C15H19N3. The van der Waals surface area contributed by atoms with Crippen LogP contribution in [0.1, 0.15) is 28.2 Å². The molecule has 0 aliphatic heterocycles. The Hall–Kier alpha value is -1.74. The minimum Gasteiger partial charge on any atom is -0.307 e. The molecule has 1 aromatic carbocycles. The van der Waals surface area contributed by atoms with E-state index in [1.54, 1.807) is 6.20 Å². The summed E-state index contributed by atoms with van der Waals surface area (Å²) in [4.78, 5) is 8.46. The van der Waals surface area contributed by atoms with E-state index in [-0.39, 0.29) is 0 Å². The number of hydrogen-bond donors (Lipinski definition) is 1. The van der Waals surface area contributed by atoms with Gasteiger partial charge < -0.3 is 5.32 Å². The largest absolute Gasteiger partial charge is 0.307 e. The number of aryl methyl sites for hydroxylation is 2. The molecule has 0 radical (unpaired) electrons. The Morgan fingerprint density at radius 1 is 1.06 bits per heavy atom. The van der Waals surface area contributed by atoms with E-state index in [9.17, 15) is 0 Å². The fraction of sp³-hybridized carbons (Fsp3) is 0.333. The van der Waals surface area contributed by atoms with Gasteiger partial charge in [-0.25, -0.2) is 9.97 Å². The normalized spacial score (nSPS) is 10.6. The van der Waals surface area contributed by atoms with Crippen LogP contribution in [0.3, 0.4) is 0 Å². The van der Waals surface area contributed by atoms with Gasteiger partial charge in [0.1, 0.15) is 5.82 Å². The fourth-order valence-electron chi connectivity index (χ4n) is 1.93. The maximum absolute atomic E-state index is 4.37. The van der Waals surface area contributed by atoms with Crippen LogP contribution in [0.4, 0.5) is 0 Å². The molecule has 0 atom stereocenters. The van der Waals surface area contributed by atoms with Gasteiger partial charge in [-0.3, -0.25) is 0 Å². The van der Waals surface area contributed by atoms with Gasteiger partial charge in [0.05, 0.1) is 5.69 Å². The molecule has 3 heteroatoms. The third-order valence-electron chi connectivity index (χ3n) is 3.17. The SMILES string of the molecule is Cc1nccc(CNCc2cccc(C)c2C)n1. The van der Waals surface area contributed by atoms with Crippen LogP contribution in [0.2, 0.25) is 0 Å². The van der Waals surface area contributed by atoms with E-state index in [1.165, 1.54) is 16.7 Å². The van der Waals surface area contributed by atoms with Gasteiger partial charge in [-0.1, -0.05) is 18.2 Å². The predicted molar refractivity (Wildman–Crippen MR) is 73.2 cm³/mol. The lowest BCUT2D eigenvalue weighted by Crippen LogP contribution is -2.15. The maximum atomic E-state index is 4.37. The van der Waals surface area contributed by atoms with Crippen LogP contribution in [-0.4, -0.2) is 9.97 Å². The van der Waals surface area contributed by atoms with E-state index in [1.807, 2.05) is 13.0 Å². The van der Waals surface area contributed by atoms with Crippen molar-refractivity contribution in [2.24, 2.45) is 0 Å². The second kappa shape index (κ2) is 5.74. The van der Waals surface area contributed by atoms with Crippen molar-refractivity contribution in [2.45, 2.75) is 33.9 Å². The Balaban J connectivity index is 1.94. The molecule has 18 heavy (non-hydrogen) atoms. The molecule has 0 fully saturated rings. The summed E-state index contributed by atoms with van der Waals surface area (Å²) in [7, 11) is 0. The van der Waals surface area contributed by atoms with Gasteiger partial charge in [-0.05, 0) is 43.5 Å². The van der Waals surface area contributed by atoms with Gasteiger partial charge in [-0.2, -0.15) is 0 Å². The van der Waals surface area contributed by atoms with E-state index in [0.717, 1.165) is 24.6 Å². The minimum atomic E-state index is 0.775. The van der Waals surface area contributed by atoms with Crippen LogP contribution in [0.15, 0.2) is 30.5 Å². The Labute approximate surface area is 108 Å². The lowest BCUT2D eigenvalue weighted by Gasteiger charge is -2.09. The quantitative estimate of drug-likeness (QED) is 0.894. The zero-order chi connectivity index (χ0) is 13.0. The van der Waals surface area contributed by atoms with Crippen molar-refractivity contribution in [3.63, 3.8) is 0 Å². The Kier molecular flexibility index (Phi) is 4.05. The molecule has 1 heterocycles. The van der Waals surface area contributed by atoms with Crippen molar-refractivity contribution in [3.05, 3.63) is 58.7 Å². The van der Waals surface area contributed by atoms with Crippen molar-refractivity contribution in [2.75, 3.05) is 0 Å². The number of nitrogens with zero attached hydrogens (tertiary/aromatic N) is 2. The average molecular weight is 241 g/mol. The molecule has 0 aliphatic carbocycles. The van der Waals surface area contributed by atoms with E-state index in [4.69, 9.17) is 0 Å². The summed E-state index contributed by atoms with van der Waals surface area (Å²) >= 11 is 0. The number of benzene rings is 1. The third kappa shape index (κ3) is 3.14. The zero-order valence-electron chi connectivity index (χ0n) is 11.2. The number of nitrogens with one attached hydrogen (secondary N) is 1. The lowest BCUT2D eigenvalue weighted by molar-refractivity contribution is 0.672. The molecule has 0 spiro atoms. The predicted octanol–water partition coefficient (Wildman–Crippen LogP) is 2.69. The third-order valence-corrected chi connectivity index (χ3v) is 3.17. The highest BCUT2D eigenvalue weighted by Crippen LogP contribution is 2.12. The van der Waals surface area contributed by atoms with Crippen LogP contribution in [0, 0.1) is 20.8 Å². The molecule has 3 nitrogen and oxygen atoms in total. The number of hydrogen-bond acceptors (Lipinski definition) is 3. The average Bonchev–Trinajstić information content (AvgIpc) is 2.35. The van der Waals surface area contributed by atoms with Gasteiger partial charge in [0.25, 0.3) is 0 Å². The standard InChI is InChI=1S/C15H19N3/c1-11-5-4-6-14(12(11)2)9-16-10-15-7-8-17-13(3)18-15/h4-8,16H,9-10H2,1-3H3. The lowest BCUT2D eigenvalue weighted by atomic mass is 10.0. The Morgan fingerprint density at radius 3 is 2.67 bits per heavy atom. The van der Waals surface area contributed by atoms with Gasteiger partial charge in [0.2, 0.25) is 0 Å². The molecule has 1 aromatic heterocycles. The first-order chi connectivity index (χ1) is 8.66. The monoisotopic (exact) mass is 241 g/mol. The molecule has 0 unspecified atom stereocenters. The van der Waals surface area contributed by atoms with E-state index < -0.39 is 0 Å². The summed E-state index contributed by atoms with van der Waals surface area (Å²) in [6, 6.07) is 8.37. The molecule has 0 aliphatic rings. The molecule has 2 rings (SSSR count). The molecular weight excluding hydrogens is 222 g/mol. The van der Waals surface area contributed by atoms with E-state index in [0.29, 0.717) is 0 Å². The summed E-state index contributed by atoms with van der Waals surface area (Å²) in [5.41, 5.74) is 5.09. The van der Waals surface area contributed by atoms with Gasteiger partial charge in [-0.15, -0.1) is 0 Å². The van der Waals surface area contributed by atoms with E-state index >= 15 is 0 Å². The first-order valence-electron chi connectivity index (χ1n) is 6.21. The van der Waals surface area contributed by atoms with Gasteiger partial charge in [0, 0.05) is 19.3 Å². The van der Waals surface area contributed by atoms with Crippen molar-refractivity contribution in [1.29, 1.82) is 0 Å². The molecule has 0 saturated carbocycles. The van der Waals surface area contributed by atoms with Crippen molar-refractivity contribution < 1.29 is 0 Å². The van der Waals surface area contributed by atoms with Crippen molar-refractivity contribution >= 4 is 0 Å². The summed E-state index contributed by atoms with van der Waals surface area (Å²) in [6.07, 6.45) is 1.80. The Morgan fingerprint density at radius 2 is 1.89 bits per heavy atom. The number of aromatic nitrogens is 2. The highest BCUT2D eigenvalue weighted by Gasteiger charge is 2.01. The zero-order valence-corrected chi connectivity index (χ0v) is 11.2. The first kappa shape index (κ1) is 12.7. The van der Waals surface area contributed by atoms with E-state index in [2.05, 4.69) is 47.3 Å². The summed E-state index contributed by atoms with van der Waals surface area (Å²) < 4.78 is 0. The smallest absolute Gasteiger partial charge is 0.125 e. The Bertz CT molecular complexity index is 535. The second-order valence-electron chi connectivity index (χ2n) is 4.56. The van der Waals surface area contributed by atoms with Crippen molar-refractivity contribution in [1.82, 2.24) is 15.3 Å². The van der Waals surface area contributed by atoms with Crippen LogP contribution in [0.5, 0.6) is 0 Å². The van der Waals surface area contributed by atoms with Gasteiger partial charge >= 0.3 is 0 Å². The molecule has 2 aromatic rings. The molecule has 0 bridgehead atoms. The topological polar surface area (TPSA) is 37.8 Å². The highest BCUT2D eigenvalue weighted by atomic mass is 14.9. The van der Waals surface area contributed by atoms with Gasteiger partial charge in [0.15, 0.2) is 0 Å². The first-order valence-corrected chi connectivity index (χ1v) is 6.21. The highest BCUT2D eigenvalue weighted by molar-refractivity contribution is 5.32. The molecule has 0 amide bonds. The maximum Gasteiger partial charge on any atom is 0.125 e. The van der Waals surface area contributed by atoms with Crippen LogP contribution in [0.25, 0.3) is 0 Å². The van der Waals surface area contributed by atoms with Crippen molar-refractivity contribution in [3.8, 4) is 0 Å². The molecule has 0 saturated heterocycles. The second-order valence-corrected chi connectivity index (χ2v) is 4.56.